The molecule has 3 aromatic rings. The topological polar surface area (TPSA) is 78.9 Å². The normalized spacial score (nSPS) is 11.2. The summed E-state index contributed by atoms with van der Waals surface area (Å²) in [6, 6.07) is 13.7. The maximum atomic E-state index is 11.6. The van der Waals surface area contributed by atoms with E-state index in [0.29, 0.717) is 27.0 Å². The summed E-state index contributed by atoms with van der Waals surface area (Å²) in [7, 11) is 0. The number of hydrogen-bond acceptors (Lipinski definition) is 5. The lowest BCUT2D eigenvalue weighted by Gasteiger charge is -2.03. The van der Waals surface area contributed by atoms with Crippen molar-refractivity contribution in [1.82, 2.24) is 4.98 Å². The number of carbonyl (C=O) groups is 1. The van der Waals surface area contributed by atoms with Gasteiger partial charge in [-0.15, -0.1) is 0 Å². The van der Waals surface area contributed by atoms with Crippen molar-refractivity contribution in [2.75, 3.05) is 5.32 Å². The first-order valence-corrected chi connectivity index (χ1v) is 8.82. The van der Waals surface area contributed by atoms with Crippen molar-refractivity contribution < 1.29 is 9.21 Å². The van der Waals surface area contributed by atoms with Crippen LogP contribution in [0.5, 0.6) is 0 Å². The third-order valence-electron chi connectivity index (χ3n) is 3.64. The molecule has 3 rings (SSSR count). The van der Waals surface area contributed by atoms with Crippen molar-refractivity contribution in [2.24, 2.45) is 0 Å². The summed E-state index contributed by atoms with van der Waals surface area (Å²) in [5.41, 5.74) is 3.05. The first kappa shape index (κ1) is 17.6. The third-order valence-corrected chi connectivity index (χ3v) is 4.64. The van der Waals surface area contributed by atoms with Crippen molar-refractivity contribution in [3.8, 4) is 17.3 Å². The Labute approximate surface area is 155 Å². The summed E-state index contributed by atoms with van der Waals surface area (Å²) in [5, 5.41) is 13.5. The minimum Gasteiger partial charge on any atom is -0.462 e. The Morgan fingerprint density at radius 1 is 1.23 bits per heavy atom. The molecule has 0 unspecified atom stereocenters. The lowest BCUT2D eigenvalue weighted by molar-refractivity contribution is -0.114. The number of thiazole rings is 1. The molecule has 0 fully saturated rings. The Hall–Kier alpha value is -3.17. The minimum atomic E-state index is -0.183. The van der Waals surface area contributed by atoms with Crippen LogP contribution in [0.4, 0.5) is 5.00 Å². The van der Waals surface area contributed by atoms with Gasteiger partial charge in [-0.05, 0) is 26.0 Å². The second kappa shape index (κ2) is 7.38. The molecule has 0 atom stereocenters. The largest absolute Gasteiger partial charge is 0.462 e. The van der Waals surface area contributed by atoms with E-state index in [2.05, 4.69) is 16.4 Å². The molecule has 0 saturated carbocycles. The quantitative estimate of drug-likeness (QED) is 0.658. The van der Waals surface area contributed by atoms with Crippen LogP contribution in [0.25, 0.3) is 22.9 Å². The predicted molar refractivity (Wildman–Crippen MR) is 104 cm³/mol. The number of nitrogens with one attached hydrogen (secondary N) is 1. The molecular formula is C20H17N3O2S. The maximum Gasteiger partial charge on any atom is 0.221 e. The number of hydrogen-bond donors (Lipinski definition) is 1. The summed E-state index contributed by atoms with van der Waals surface area (Å²) in [6.45, 7) is 5.30. The molecule has 0 aliphatic heterocycles. The second-order valence-electron chi connectivity index (χ2n) is 5.86. The number of rotatable bonds is 4. The lowest BCUT2D eigenvalue weighted by Crippen LogP contribution is -2.05. The Kier molecular flexibility index (Phi) is 5.01. The van der Waals surface area contributed by atoms with E-state index in [1.165, 1.54) is 18.3 Å². The van der Waals surface area contributed by atoms with Crippen LogP contribution < -0.4 is 5.32 Å². The second-order valence-corrected chi connectivity index (χ2v) is 6.86. The number of benzene rings is 1. The van der Waals surface area contributed by atoms with Crippen LogP contribution in [0.15, 0.2) is 40.8 Å². The van der Waals surface area contributed by atoms with E-state index in [1.54, 1.807) is 12.1 Å². The average Bonchev–Trinajstić information content (AvgIpc) is 3.19. The van der Waals surface area contributed by atoms with Gasteiger partial charge in [0.2, 0.25) is 5.91 Å². The Morgan fingerprint density at radius 2 is 1.96 bits per heavy atom. The molecule has 5 nitrogen and oxygen atoms in total. The van der Waals surface area contributed by atoms with Gasteiger partial charge in [0, 0.05) is 18.6 Å². The van der Waals surface area contributed by atoms with Gasteiger partial charge in [-0.1, -0.05) is 41.2 Å². The highest BCUT2D eigenvalue weighted by Gasteiger charge is 2.17. The van der Waals surface area contributed by atoms with Crippen molar-refractivity contribution in [2.45, 2.75) is 20.8 Å². The fraction of sp³-hybridized carbons (Fsp3) is 0.150. The lowest BCUT2D eigenvalue weighted by atomic mass is 10.1. The highest BCUT2D eigenvalue weighted by molar-refractivity contribution is 7.17. The minimum absolute atomic E-state index is 0.183. The standard InChI is InChI=1S/C20H17N3O2S/c1-12-4-7-15(8-5-12)18-20(22-14(3)24)26-19(23-18)16(11-21)10-17-9-6-13(2)25-17/h4-10H,1-3H3,(H,22,24). The van der Waals surface area contributed by atoms with E-state index in [-0.39, 0.29) is 5.91 Å². The molecule has 0 aliphatic rings. The van der Waals surface area contributed by atoms with Gasteiger partial charge >= 0.3 is 0 Å². The Bertz CT molecular complexity index is 1020. The van der Waals surface area contributed by atoms with Gasteiger partial charge < -0.3 is 9.73 Å². The molecule has 0 aliphatic carbocycles. The summed E-state index contributed by atoms with van der Waals surface area (Å²) in [4.78, 5) is 16.2. The molecule has 6 heteroatoms. The van der Waals surface area contributed by atoms with Gasteiger partial charge in [-0.25, -0.2) is 4.98 Å². The number of carbonyl (C=O) groups excluding carboxylic acids is 1. The Morgan fingerprint density at radius 3 is 2.54 bits per heavy atom. The summed E-state index contributed by atoms with van der Waals surface area (Å²) < 4.78 is 5.52. The number of allylic oxidation sites excluding steroid dienone is 1. The summed E-state index contributed by atoms with van der Waals surface area (Å²) in [5.74, 6) is 1.18. The predicted octanol–water partition coefficient (Wildman–Crippen LogP) is 5.04. The smallest absolute Gasteiger partial charge is 0.221 e. The van der Waals surface area contributed by atoms with Gasteiger partial charge in [0.1, 0.15) is 33.3 Å². The Balaban J connectivity index is 2.07. The van der Waals surface area contributed by atoms with E-state index in [0.717, 1.165) is 16.9 Å². The SMILES string of the molecule is CC(=O)Nc1sc(C(C#N)=Cc2ccc(C)o2)nc1-c1ccc(C)cc1. The molecule has 1 amide bonds. The van der Waals surface area contributed by atoms with Crippen LogP contribution in [0.3, 0.4) is 0 Å². The molecule has 0 spiro atoms. The van der Waals surface area contributed by atoms with Gasteiger partial charge in [0.05, 0.1) is 5.57 Å². The van der Waals surface area contributed by atoms with Crippen molar-refractivity contribution in [1.29, 1.82) is 5.26 Å². The van der Waals surface area contributed by atoms with Crippen LogP contribution in [0.2, 0.25) is 0 Å². The summed E-state index contributed by atoms with van der Waals surface area (Å²) in [6.07, 6.45) is 1.66. The highest BCUT2D eigenvalue weighted by atomic mass is 32.1. The van der Waals surface area contributed by atoms with Gasteiger partial charge in [0.15, 0.2) is 0 Å². The van der Waals surface area contributed by atoms with Crippen LogP contribution >= 0.6 is 11.3 Å². The molecule has 0 saturated heterocycles. The molecule has 1 N–H and O–H groups in total. The van der Waals surface area contributed by atoms with Crippen LogP contribution in [-0.4, -0.2) is 10.9 Å². The highest BCUT2D eigenvalue weighted by Crippen LogP contribution is 2.36. The number of anilines is 1. The summed E-state index contributed by atoms with van der Waals surface area (Å²) >= 11 is 1.27. The third kappa shape index (κ3) is 3.90. The first-order valence-electron chi connectivity index (χ1n) is 8.00. The molecule has 2 aromatic heterocycles. The molecule has 130 valence electrons. The van der Waals surface area contributed by atoms with E-state index >= 15 is 0 Å². The number of nitrogens with zero attached hydrogens (tertiary/aromatic N) is 2. The van der Waals surface area contributed by atoms with Crippen molar-refractivity contribution in [3.05, 3.63) is 58.5 Å². The average molecular weight is 363 g/mol. The van der Waals surface area contributed by atoms with E-state index in [4.69, 9.17) is 4.42 Å². The van der Waals surface area contributed by atoms with Crippen molar-refractivity contribution >= 4 is 33.9 Å². The van der Waals surface area contributed by atoms with Crippen LogP contribution in [-0.2, 0) is 4.79 Å². The molecule has 0 radical (unpaired) electrons. The van der Waals surface area contributed by atoms with E-state index in [9.17, 15) is 10.1 Å². The van der Waals surface area contributed by atoms with Crippen LogP contribution in [0, 0.1) is 25.2 Å². The number of aromatic nitrogens is 1. The maximum absolute atomic E-state index is 11.6. The number of furan rings is 1. The number of aryl methyl sites for hydroxylation is 2. The van der Waals surface area contributed by atoms with E-state index in [1.807, 2.05) is 44.2 Å². The number of nitriles is 1. The zero-order chi connectivity index (χ0) is 18.7. The molecular weight excluding hydrogens is 346 g/mol. The molecule has 2 heterocycles. The van der Waals surface area contributed by atoms with E-state index < -0.39 is 0 Å². The van der Waals surface area contributed by atoms with Crippen molar-refractivity contribution in [3.63, 3.8) is 0 Å². The molecule has 1 aromatic carbocycles. The number of amides is 1. The molecule has 26 heavy (non-hydrogen) atoms. The monoisotopic (exact) mass is 363 g/mol. The van der Waals surface area contributed by atoms with Crippen LogP contribution in [0.1, 0.15) is 29.0 Å². The first-order chi connectivity index (χ1) is 12.5. The zero-order valence-electron chi connectivity index (χ0n) is 14.7. The molecule has 0 bridgehead atoms. The fourth-order valence-corrected chi connectivity index (χ4v) is 3.40. The fourth-order valence-electron chi connectivity index (χ4n) is 2.40. The van der Waals surface area contributed by atoms with Gasteiger partial charge in [0.25, 0.3) is 0 Å². The van der Waals surface area contributed by atoms with Gasteiger partial charge in [-0.2, -0.15) is 5.26 Å². The van der Waals surface area contributed by atoms with Gasteiger partial charge in [-0.3, -0.25) is 4.79 Å². The zero-order valence-corrected chi connectivity index (χ0v) is 15.5.